The van der Waals surface area contributed by atoms with Crippen LogP contribution in [0.5, 0.6) is 0 Å². The number of rotatable bonds is 7. The van der Waals surface area contributed by atoms with Gasteiger partial charge in [-0.1, -0.05) is 30.3 Å². The van der Waals surface area contributed by atoms with Crippen LogP contribution in [0.1, 0.15) is 41.2 Å². The topological polar surface area (TPSA) is 79.3 Å². The highest BCUT2D eigenvalue weighted by Gasteiger charge is 2.30. The lowest BCUT2D eigenvalue weighted by Gasteiger charge is -2.17. The summed E-state index contributed by atoms with van der Waals surface area (Å²) < 4.78 is 14.6. The molecule has 5 nitrogen and oxygen atoms in total. The number of Topliss-reactive ketones (excluding diaryl/α,β-unsaturated/α-hetero) is 1. The van der Waals surface area contributed by atoms with Crippen LogP contribution in [0.2, 0.25) is 0 Å². The molecule has 2 N–H and O–H groups in total. The molecule has 1 aromatic heterocycles. The highest BCUT2D eigenvalue weighted by Crippen LogP contribution is 2.30. The number of carboxylic acid groups (broad SMARTS) is 1. The van der Waals surface area contributed by atoms with Gasteiger partial charge in [-0.05, 0) is 51.0 Å². The summed E-state index contributed by atoms with van der Waals surface area (Å²) in [5.41, 5.74) is 2.00. The number of carbonyl (C=O) groups is 2. The molecule has 0 bridgehead atoms. The predicted octanol–water partition coefficient (Wildman–Crippen LogP) is 5.99. The Labute approximate surface area is 178 Å². The van der Waals surface area contributed by atoms with Gasteiger partial charge in [0.05, 0.1) is 16.8 Å². The van der Waals surface area contributed by atoms with Crippen LogP contribution >= 0.6 is 11.3 Å². The van der Waals surface area contributed by atoms with Crippen LogP contribution in [0.15, 0.2) is 42.5 Å². The summed E-state index contributed by atoms with van der Waals surface area (Å²) in [5, 5.41) is 12.8. The minimum absolute atomic E-state index is 0.0909. The number of nitrogens with one attached hydrogen (secondary N) is 1. The van der Waals surface area contributed by atoms with E-state index in [4.69, 9.17) is 0 Å². The fraction of sp³-hybridized carbons (Fsp3) is 0.261. The standard InChI is InChI=1S/C23H23FN2O3S/c1-13-14(2)30-22(25-13)26-19-10-9-17(11-18(19)24)15-5-7-16(8-6-15)20(27)12-23(3,4)21(28)29/h5-11H,12H2,1-4H3,(H,25,26)(H,28,29). The molecule has 0 aliphatic carbocycles. The molecule has 0 amide bonds. The minimum atomic E-state index is -1.13. The van der Waals surface area contributed by atoms with Crippen molar-refractivity contribution in [1.29, 1.82) is 0 Å². The second-order valence-electron chi connectivity index (χ2n) is 7.85. The van der Waals surface area contributed by atoms with Gasteiger partial charge in [0.25, 0.3) is 0 Å². The molecule has 0 aliphatic rings. The lowest BCUT2D eigenvalue weighted by molar-refractivity contribution is -0.146. The van der Waals surface area contributed by atoms with Crippen molar-refractivity contribution in [2.75, 3.05) is 5.32 Å². The van der Waals surface area contributed by atoms with Gasteiger partial charge in [0.2, 0.25) is 0 Å². The zero-order valence-corrected chi connectivity index (χ0v) is 18.1. The van der Waals surface area contributed by atoms with E-state index < -0.39 is 17.2 Å². The van der Waals surface area contributed by atoms with E-state index in [-0.39, 0.29) is 12.2 Å². The Morgan fingerprint density at radius 1 is 1.10 bits per heavy atom. The van der Waals surface area contributed by atoms with Crippen molar-refractivity contribution < 1.29 is 19.1 Å². The molecule has 0 unspecified atom stereocenters. The quantitative estimate of drug-likeness (QED) is 0.454. The molecule has 0 radical (unpaired) electrons. The average molecular weight is 427 g/mol. The summed E-state index contributed by atoms with van der Waals surface area (Å²) in [6.45, 7) is 6.92. The number of aliphatic carboxylic acids is 1. The van der Waals surface area contributed by atoms with Gasteiger partial charge < -0.3 is 10.4 Å². The maximum Gasteiger partial charge on any atom is 0.309 e. The number of carboxylic acids is 1. The van der Waals surface area contributed by atoms with Gasteiger partial charge in [0.1, 0.15) is 5.82 Å². The van der Waals surface area contributed by atoms with Gasteiger partial charge in [-0.15, -0.1) is 11.3 Å². The molecule has 0 saturated heterocycles. The second kappa shape index (κ2) is 8.36. The lowest BCUT2D eigenvalue weighted by Crippen LogP contribution is -2.26. The molecule has 0 atom stereocenters. The Morgan fingerprint density at radius 2 is 1.73 bits per heavy atom. The summed E-state index contributed by atoms with van der Waals surface area (Å²) in [4.78, 5) is 29.0. The van der Waals surface area contributed by atoms with Gasteiger partial charge in [-0.3, -0.25) is 9.59 Å². The van der Waals surface area contributed by atoms with Crippen LogP contribution in [0.4, 0.5) is 15.2 Å². The Hall–Kier alpha value is -3.06. The number of halogens is 1. The zero-order chi connectivity index (χ0) is 22.1. The third-order valence-electron chi connectivity index (χ3n) is 4.96. The van der Waals surface area contributed by atoms with Crippen LogP contribution < -0.4 is 5.32 Å². The number of hydrogen-bond acceptors (Lipinski definition) is 5. The van der Waals surface area contributed by atoms with E-state index in [1.807, 2.05) is 13.8 Å². The number of hydrogen-bond donors (Lipinski definition) is 2. The average Bonchev–Trinajstić information content (AvgIpc) is 3.00. The van der Waals surface area contributed by atoms with E-state index in [0.29, 0.717) is 21.9 Å². The van der Waals surface area contributed by atoms with E-state index in [2.05, 4.69) is 10.3 Å². The number of aromatic nitrogens is 1. The van der Waals surface area contributed by atoms with Crippen molar-refractivity contribution in [2.45, 2.75) is 34.1 Å². The van der Waals surface area contributed by atoms with Crippen LogP contribution in [0.25, 0.3) is 11.1 Å². The molecule has 0 aliphatic heterocycles. The van der Waals surface area contributed by atoms with E-state index in [9.17, 15) is 19.1 Å². The number of carbonyl (C=O) groups excluding carboxylic acids is 1. The first-order chi connectivity index (χ1) is 14.1. The predicted molar refractivity (Wildman–Crippen MR) is 117 cm³/mol. The third-order valence-corrected chi connectivity index (χ3v) is 5.95. The van der Waals surface area contributed by atoms with E-state index in [1.165, 1.54) is 31.3 Å². The molecule has 7 heteroatoms. The van der Waals surface area contributed by atoms with Gasteiger partial charge in [-0.25, -0.2) is 9.37 Å². The van der Waals surface area contributed by atoms with Gasteiger partial charge >= 0.3 is 5.97 Å². The molecule has 0 saturated carbocycles. The van der Waals surface area contributed by atoms with Crippen LogP contribution in [0, 0.1) is 25.1 Å². The van der Waals surface area contributed by atoms with Crippen molar-refractivity contribution in [3.63, 3.8) is 0 Å². The summed E-state index contributed by atoms with van der Waals surface area (Å²) in [6, 6.07) is 11.6. The Kier molecular flexibility index (Phi) is 6.03. The summed E-state index contributed by atoms with van der Waals surface area (Å²) in [7, 11) is 0. The molecule has 3 rings (SSSR count). The first kappa shape index (κ1) is 21.6. The molecule has 30 heavy (non-hydrogen) atoms. The fourth-order valence-corrected chi connectivity index (χ4v) is 3.69. The molecular formula is C23H23FN2O3S. The summed E-state index contributed by atoms with van der Waals surface area (Å²) >= 11 is 1.47. The van der Waals surface area contributed by atoms with E-state index in [0.717, 1.165) is 16.1 Å². The van der Waals surface area contributed by atoms with Crippen molar-refractivity contribution in [1.82, 2.24) is 4.98 Å². The number of anilines is 2. The van der Waals surface area contributed by atoms with Crippen molar-refractivity contribution >= 4 is 33.9 Å². The highest BCUT2D eigenvalue weighted by molar-refractivity contribution is 7.15. The molecule has 0 fully saturated rings. The minimum Gasteiger partial charge on any atom is -0.481 e. The Balaban J connectivity index is 1.75. The molecule has 2 aromatic carbocycles. The maximum absolute atomic E-state index is 14.6. The molecule has 0 spiro atoms. The van der Waals surface area contributed by atoms with Crippen LogP contribution in [-0.4, -0.2) is 21.8 Å². The van der Waals surface area contributed by atoms with Crippen LogP contribution in [-0.2, 0) is 4.79 Å². The maximum atomic E-state index is 14.6. The van der Waals surface area contributed by atoms with Gasteiger partial charge in [0.15, 0.2) is 10.9 Å². The normalized spacial score (nSPS) is 11.4. The lowest BCUT2D eigenvalue weighted by atomic mass is 9.85. The Morgan fingerprint density at radius 3 is 2.27 bits per heavy atom. The third kappa shape index (κ3) is 4.74. The molecular weight excluding hydrogens is 403 g/mol. The van der Waals surface area contributed by atoms with E-state index in [1.54, 1.807) is 36.4 Å². The molecule has 1 heterocycles. The molecule has 3 aromatic rings. The number of thiazole rings is 1. The van der Waals surface area contributed by atoms with Crippen molar-refractivity contribution in [3.05, 3.63) is 64.4 Å². The van der Waals surface area contributed by atoms with Crippen molar-refractivity contribution in [3.8, 4) is 11.1 Å². The first-order valence-electron chi connectivity index (χ1n) is 9.44. The van der Waals surface area contributed by atoms with Gasteiger partial charge in [-0.2, -0.15) is 0 Å². The second-order valence-corrected chi connectivity index (χ2v) is 9.05. The van der Waals surface area contributed by atoms with Crippen LogP contribution in [0.3, 0.4) is 0 Å². The number of benzene rings is 2. The molecule has 156 valence electrons. The highest BCUT2D eigenvalue weighted by atomic mass is 32.1. The van der Waals surface area contributed by atoms with Crippen molar-refractivity contribution in [2.24, 2.45) is 5.41 Å². The number of nitrogens with zero attached hydrogens (tertiary/aromatic N) is 1. The van der Waals surface area contributed by atoms with E-state index >= 15 is 0 Å². The number of aryl methyl sites for hydroxylation is 2. The first-order valence-corrected chi connectivity index (χ1v) is 10.3. The monoisotopic (exact) mass is 426 g/mol. The largest absolute Gasteiger partial charge is 0.481 e. The zero-order valence-electron chi connectivity index (χ0n) is 17.2. The summed E-state index contributed by atoms with van der Waals surface area (Å²) in [6.07, 6.45) is -0.0909. The SMILES string of the molecule is Cc1nc(Nc2ccc(-c3ccc(C(=O)CC(C)(C)C(=O)O)cc3)cc2F)sc1C. The smallest absolute Gasteiger partial charge is 0.309 e. The van der Waals surface area contributed by atoms with Gasteiger partial charge in [0, 0.05) is 16.9 Å². The fourth-order valence-electron chi connectivity index (χ4n) is 2.87. The Bertz CT molecular complexity index is 1080. The number of ketones is 1. The summed E-state index contributed by atoms with van der Waals surface area (Å²) in [5.74, 6) is -1.66.